The Hall–Kier alpha value is -2.12. The molecule has 0 amide bonds. The zero-order valence-electron chi connectivity index (χ0n) is 10.8. The molecule has 0 saturated carbocycles. The van der Waals surface area contributed by atoms with Crippen LogP contribution in [-0.2, 0) is 13.6 Å². The maximum Gasteiger partial charge on any atom is 0.343 e. The third-order valence-electron chi connectivity index (χ3n) is 3.01. The fourth-order valence-corrected chi connectivity index (χ4v) is 2.79. The lowest BCUT2D eigenvalue weighted by molar-refractivity contribution is 0.764. The van der Waals surface area contributed by atoms with Gasteiger partial charge in [-0.25, -0.2) is 14.9 Å². The van der Waals surface area contributed by atoms with Gasteiger partial charge in [0.25, 0.3) is 0 Å². The van der Waals surface area contributed by atoms with Gasteiger partial charge in [0.1, 0.15) is 5.03 Å². The number of nitrogens with two attached hydrogens (primary N) is 1. The monoisotopic (exact) mass is 287 g/mol. The number of fused-ring (bicyclic) bond motifs is 1. The number of pyridine rings is 1. The summed E-state index contributed by atoms with van der Waals surface area (Å²) in [7, 11) is 1.66. The summed E-state index contributed by atoms with van der Waals surface area (Å²) in [4.78, 5) is 16.0. The van der Waals surface area contributed by atoms with E-state index in [2.05, 4.69) is 15.2 Å². The highest BCUT2D eigenvalue weighted by Gasteiger charge is 2.12. The van der Waals surface area contributed by atoms with E-state index in [4.69, 9.17) is 5.73 Å². The van der Waals surface area contributed by atoms with Crippen molar-refractivity contribution in [3.05, 3.63) is 46.4 Å². The SMILES string of the molecule is Cn1c(Sc2nc3ccccc3cc2CN)n[nH]c1=O. The van der Waals surface area contributed by atoms with Gasteiger partial charge in [-0.3, -0.25) is 4.57 Å². The summed E-state index contributed by atoms with van der Waals surface area (Å²) in [5.41, 5.74) is 7.37. The molecule has 6 nitrogen and oxygen atoms in total. The van der Waals surface area contributed by atoms with Crippen molar-refractivity contribution in [3.8, 4) is 0 Å². The van der Waals surface area contributed by atoms with Gasteiger partial charge in [-0.15, -0.1) is 5.10 Å². The van der Waals surface area contributed by atoms with E-state index in [1.807, 2.05) is 30.3 Å². The molecule has 0 fully saturated rings. The van der Waals surface area contributed by atoms with Crippen LogP contribution in [0.1, 0.15) is 5.56 Å². The molecule has 0 unspecified atom stereocenters. The molecule has 0 aliphatic carbocycles. The third-order valence-corrected chi connectivity index (χ3v) is 4.10. The Bertz CT molecular complexity index is 823. The molecule has 0 radical (unpaired) electrons. The number of para-hydroxylation sites is 1. The largest absolute Gasteiger partial charge is 0.343 e. The number of aromatic nitrogens is 4. The van der Waals surface area contributed by atoms with Crippen molar-refractivity contribution in [2.24, 2.45) is 12.8 Å². The Balaban J connectivity index is 2.10. The van der Waals surface area contributed by atoms with E-state index in [1.54, 1.807) is 7.05 Å². The summed E-state index contributed by atoms with van der Waals surface area (Å²) in [6.07, 6.45) is 0. The fourth-order valence-electron chi connectivity index (χ4n) is 1.89. The lowest BCUT2D eigenvalue weighted by Crippen LogP contribution is -2.13. The number of rotatable bonds is 3. The van der Waals surface area contributed by atoms with Crippen LogP contribution in [0.25, 0.3) is 10.9 Å². The van der Waals surface area contributed by atoms with Crippen LogP contribution in [0.5, 0.6) is 0 Å². The second-order valence-electron chi connectivity index (χ2n) is 4.32. The van der Waals surface area contributed by atoms with Crippen molar-refractivity contribution in [3.63, 3.8) is 0 Å². The van der Waals surface area contributed by atoms with E-state index < -0.39 is 0 Å². The fraction of sp³-hybridized carbons (Fsp3) is 0.154. The van der Waals surface area contributed by atoms with E-state index in [1.165, 1.54) is 16.3 Å². The zero-order valence-corrected chi connectivity index (χ0v) is 11.6. The van der Waals surface area contributed by atoms with Gasteiger partial charge in [0.05, 0.1) is 5.52 Å². The normalized spacial score (nSPS) is 11.1. The van der Waals surface area contributed by atoms with E-state index in [-0.39, 0.29) is 5.69 Å². The van der Waals surface area contributed by atoms with Gasteiger partial charge >= 0.3 is 5.69 Å². The van der Waals surface area contributed by atoms with Gasteiger partial charge < -0.3 is 5.73 Å². The first-order valence-electron chi connectivity index (χ1n) is 6.07. The second kappa shape index (κ2) is 5.10. The summed E-state index contributed by atoms with van der Waals surface area (Å²) in [6.45, 7) is 0.387. The maximum atomic E-state index is 11.4. The number of hydrogen-bond donors (Lipinski definition) is 2. The highest BCUT2D eigenvalue weighted by Crippen LogP contribution is 2.28. The molecule has 2 aromatic heterocycles. The summed E-state index contributed by atoms with van der Waals surface area (Å²) in [6, 6.07) is 9.88. The molecule has 3 aromatic rings. The van der Waals surface area contributed by atoms with Crippen LogP contribution in [0, 0.1) is 0 Å². The average Bonchev–Trinajstić information content (AvgIpc) is 2.78. The Kier molecular flexibility index (Phi) is 3.29. The van der Waals surface area contributed by atoms with Crippen LogP contribution in [0.4, 0.5) is 0 Å². The molecule has 0 atom stereocenters. The van der Waals surface area contributed by atoms with Crippen LogP contribution in [0.2, 0.25) is 0 Å². The lowest BCUT2D eigenvalue weighted by atomic mass is 10.1. The van der Waals surface area contributed by atoms with E-state index in [9.17, 15) is 4.79 Å². The van der Waals surface area contributed by atoms with Crippen LogP contribution >= 0.6 is 11.8 Å². The first-order chi connectivity index (χ1) is 9.69. The second-order valence-corrected chi connectivity index (χ2v) is 5.28. The van der Waals surface area contributed by atoms with Crippen LogP contribution in [0.3, 0.4) is 0 Å². The Morgan fingerprint density at radius 2 is 2.20 bits per heavy atom. The van der Waals surface area contributed by atoms with Crippen molar-refractivity contribution in [2.75, 3.05) is 0 Å². The third kappa shape index (κ3) is 2.21. The van der Waals surface area contributed by atoms with Gasteiger partial charge in [-0.1, -0.05) is 18.2 Å². The van der Waals surface area contributed by atoms with Crippen molar-refractivity contribution < 1.29 is 0 Å². The molecule has 2 heterocycles. The molecule has 0 aliphatic heterocycles. The summed E-state index contributed by atoms with van der Waals surface area (Å²) >= 11 is 1.33. The van der Waals surface area contributed by atoms with E-state index in [0.717, 1.165) is 21.5 Å². The quantitative estimate of drug-likeness (QED) is 0.757. The highest BCUT2D eigenvalue weighted by atomic mass is 32.2. The summed E-state index contributed by atoms with van der Waals surface area (Å²) in [5.74, 6) is 0. The molecule has 102 valence electrons. The topological polar surface area (TPSA) is 89.6 Å². The van der Waals surface area contributed by atoms with Crippen LogP contribution in [-0.4, -0.2) is 19.7 Å². The maximum absolute atomic E-state index is 11.4. The molecule has 7 heteroatoms. The molecule has 20 heavy (non-hydrogen) atoms. The Morgan fingerprint density at radius 3 is 2.90 bits per heavy atom. The molecule has 0 saturated heterocycles. The predicted octanol–water partition coefficient (Wildman–Crippen LogP) is 1.27. The van der Waals surface area contributed by atoms with Gasteiger partial charge in [-0.2, -0.15) is 0 Å². The number of H-pyrrole nitrogens is 1. The Morgan fingerprint density at radius 1 is 1.40 bits per heavy atom. The van der Waals surface area contributed by atoms with Crippen molar-refractivity contribution >= 4 is 22.7 Å². The molecule has 0 bridgehead atoms. The number of nitrogens with one attached hydrogen (secondary N) is 1. The number of hydrogen-bond acceptors (Lipinski definition) is 5. The predicted molar refractivity (Wildman–Crippen MR) is 77.6 cm³/mol. The minimum absolute atomic E-state index is 0.248. The number of nitrogens with zero attached hydrogens (tertiary/aromatic N) is 3. The molecular formula is C13H13N5OS. The summed E-state index contributed by atoms with van der Waals surface area (Å²) in [5, 5.41) is 8.77. The van der Waals surface area contributed by atoms with Gasteiger partial charge in [0, 0.05) is 19.0 Å². The van der Waals surface area contributed by atoms with Crippen molar-refractivity contribution in [1.29, 1.82) is 0 Å². The Labute approximate surface area is 119 Å². The molecular weight excluding hydrogens is 274 g/mol. The van der Waals surface area contributed by atoms with Crippen molar-refractivity contribution in [2.45, 2.75) is 16.7 Å². The average molecular weight is 287 g/mol. The first kappa shape index (κ1) is 12.9. The highest BCUT2D eigenvalue weighted by molar-refractivity contribution is 7.99. The van der Waals surface area contributed by atoms with E-state index in [0.29, 0.717) is 11.7 Å². The zero-order chi connectivity index (χ0) is 14.1. The van der Waals surface area contributed by atoms with Crippen LogP contribution < -0.4 is 11.4 Å². The van der Waals surface area contributed by atoms with Crippen LogP contribution in [0.15, 0.2) is 45.3 Å². The van der Waals surface area contributed by atoms with Crippen molar-refractivity contribution in [1.82, 2.24) is 19.7 Å². The number of aromatic amines is 1. The lowest BCUT2D eigenvalue weighted by Gasteiger charge is -2.07. The molecule has 0 spiro atoms. The minimum Gasteiger partial charge on any atom is -0.326 e. The molecule has 3 rings (SSSR count). The summed E-state index contributed by atoms with van der Waals surface area (Å²) < 4.78 is 1.45. The van der Waals surface area contributed by atoms with Gasteiger partial charge in [0.15, 0.2) is 5.16 Å². The molecule has 1 aromatic carbocycles. The minimum atomic E-state index is -0.248. The van der Waals surface area contributed by atoms with Gasteiger partial charge in [-0.05, 0) is 29.5 Å². The molecule has 0 aliphatic rings. The standard InChI is InChI=1S/C13H13N5OS/c1-18-12(19)16-17-13(18)20-11-9(7-14)6-8-4-2-3-5-10(8)15-11/h2-6H,7,14H2,1H3,(H,16,19). The van der Waals surface area contributed by atoms with Gasteiger partial charge in [0.2, 0.25) is 0 Å². The number of benzene rings is 1. The first-order valence-corrected chi connectivity index (χ1v) is 6.88. The smallest absolute Gasteiger partial charge is 0.326 e. The van der Waals surface area contributed by atoms with E-state index >= 15 is 0 Å². The molecule has 3 N–H and O–H groups in total.